The first kappa shape index (κ1) is 106. The summed E-state index contributed by atoms with van der Waals surface area (Å²) in [5.74, 6) is 2.32. The van der Waals surface area contributed by atoms with Crippen molar-refractivity contribution < 1.29 is 70.2 Å². The van der Waals surface area contributed by atoms with Crippen LogP contribution < -0.4 is 15.2 Å². The molecule has 0 radical (unpaired) electrons. The monoisotopic (exact) mass is 1440 g/mol. The van der Waals surface area contributed by atoms with Gasteiger partial charge >= 0.3 is 0 Å². The highest BCUT2D eigenvalue weighted by atomic mass is 16.5. The summed E-state index contributed by atoms with van der Waals surface area (Å²) in [5, 5.41) is 71.5. The zero-order valence-electron chi connectivity index (χ0n) is 70.3. The molecule has 5 heterocycles. The summed E-state index contributed by atoms with van der Waals surface area (Å²) in [7, 11) is 7.58. The molecular weight excluding hydrogens is 1250 g/mol. The number of hydroxylamine groups is 6. The molecule has 5 saturated heterocycles. The van der Waals surface area contributed by atoms with Gasteiger partial charge in [0.05, 0.1) is 49.8 Å². The van der Waals surface area contributed by atoms with Crippen LogP contribution in [0.4, 0.5) is 0 Å². The second kappa shape index (κ2) is 38.6. The first-order valence-corrected chi connectivity index (χ1v) is 37.6. The fraction of sp³-hybridized carbons (Fsp3) is 1.00. The molecule has 2 saturated carbocycles. The predicted octanol–water partition coefficient (Wildman–Crippen LogP) is 15.6. The molecule has 16 nitrogen and oxygen atoms in total. The van der Waals surface area contributed by atoms with Gasteiger partial charge in [0.15, 0.2) is 0 Å². The smallest absolute Gasteiger partial charge is 0.124 e. The van der Waals surface area contributed by atoms with Crippen molar-refractivity contribution in [2.45, 2.75) is 452 Å². The van der Waals surface area contributed by atoms with Gasteiger partial charge in [-0.2, -0.15) is 15.2 Å². The molecule has 2 aliphatic carbocycles. The number of rotatable bonds is 10. The number of methoxy groups -OCH3 is 2. The van der Waals surface area contributed by atoms with Crippen molar-refractivity contribution in [2.24, 2.45) is 39.4 Å². The number of aliphatic hydroxyl groups is 4. The molecule has 100 heavy (non-hydrogen) atoms. The zero-order valence-corrected chi connectivity index (χ0v) is 70.3. The minimum absolute atomic E-state index is 0. The Hall–Kier alpha value is -0.640. The van der Waals surface area contributed by atoms with Crippen LogP contribution >= 0.6 is 0 Å². The van der Waals surface area contributed by atoms with Gasteiger partial charge in [-0.25, -0.2) is 15.6 Å². The number of piperidine rings is 5. The predicted molar refractivity (Wildman–Crippen MR) is 424 cm³/mol. The quantitative estimate of drug-likeness (QED) is 0.0992. The molecule has 608 valence electrons. The van der Waals surface area contributed by atoms with Gasteiger partial charge in [0.25, 0.3) is 0 Å². The van der Waals surface area contributed by atoms with E-state index in [2.05, 4.69) is 211 Å². The van der Waals surface area contributed by atoms with Crippen LogP contribution in [0.2, 0.25) is 0 Å². The SMILES string of the molecule is C.C.C.C.CC1(C)CC(C)(C)CC(C)(O)C1.CC1(C)CC(C)(C)CC(C)(O)C1.CC1CC(C)(C)N(C)C(C)(C)C1.CC1CC(C)(C)[NH+](O)C(C)(C)C1.CC1CC(C)(C)[NH+](O)C(C)(C)C1.COCC(O)COC1CC(C)(C)N(C)C(C)(C)C1.COCC(O)COC1CC(C)(C)[NH+](O)C(C)(C)C1. The zero-order chi connectivity index (χ0) is 75.9. The van der Waals surface area contributed by atoms with Crippen molar-refractivity contribution in [3.8, 4) is 0 Å². The highest BCUT2D eigenvalue weighted by molar-refractivity contribution is 5.01. The third-order valence-corrected chi connectivity index (χ3v) is 22.7. The number of quaternary nitrogens is 3. The van der Waals surface area contributed by atoms with Gasteiger partial charge in [0.1, 0.15) is 45.4 Å². The number of nitrogens with zero attached hydrogens (tertiary/aromatic N) is 2. The standard InChI is InChI=1S/C14H29NO3.C13H27NO4.C11H23N.2C11H22O.2C10H21NO.4CH4/c1-13(2)7-12(8-14(3,4)15(13)5)18-10-11(16)9-17-6;1-12(2)6-11(7-13(3,4)14(12)16)18-9-10(15)8-17-5;1-9-7-10(2,3)12(6)11(4,5)8-9;2*1-9(2)6-10(3,4)8-11(5,12)7-9;2*1-8-6-9(2,3)11(12)10(4,5)7-8;;;;/h11-12,16H,7-10H2,1-6H3;10-11,15-16H,6-9H2,1-5H3;9H,7-8H2,1-6H3;2*12H,6-8H2,1-5H3;2*8,12H,6-7H2,1-5H3;4*1H4/p+3. The Morgan fingerprint density at radius 2 is 0.510 bits per heavy atom. The Balaban J connectivity index is -0.000000538. The highest BCUT2D eigenvalue weighted by Crippen LogP contribution is 2.51. The summed E-state index contributed by atoms with van der Waals surface area (Å²) in [6.45, 7) is 73.8. The van der Waals surface area contributed by atoms with Crippen LogP contribution in [0.3, 0.4) is 0 Å². The first-order valence-electron chi connectivity index (χ1n) is 37.6. The summed E-state index contributed by atoms with van der Waals surface area (Å²) < 4.78 is 21.4. The summed E-state index contributed by atoms with van der Waals surface area (Å²) in [6, 6.07) is 0. The lowest BCUT2D eigenvalue weighted by Crippen LogP contribution is -3.25. The number of ether oxygens (including phenoxy) is 4. The van der Waals surface area contributed by atoms with Crippen LogP contribution in [0.15, 0.2) is 0 Å². The van der Waals surface area contributed by atoms with E-state index < -0.39 is 23.4 Å². The molecule has 0 aromatic heterocycles. The molecule has 0 bridgehead atoms. The molecule has 7 aliphatic rings. The van der Waals surface area contributed by atoms with Gasteiger partial charge in [-0.05, 0) is 270 Å². The van der Waals surface area contributed by atoms with E-state index in [0.29, 0.717) is 61.1 Å². The second-order valence-corrected chi connectivity index (χ2v) is 42.9. The van der Waals surface area contributed by atoms with E-state index in [1.54, 1.807) is 14.2 Å². The van der Waals surface area contributed by atoms with Gasteiger partial charge in [-0.3, -0.25) is 9.80 Å². The lowest BCUT2D eigenvalue weighted by Gasteiger charge is -2.53. The highest BCUT2D eigenvalue weighted by Gasteiger charge is 2.53. The average molecular weight is 1440 g/mol. The first-order chi connectivity index (χ1) is 42.4. The van der Waals surface area contributed by atoms with Crippen LogP contribution in [0.1, 0.15) is 361 Å². The topological polar surface area (TPSA) is 198 Å². The van der Waals surface area contributed by atoms with Crippen molar-refractivity contribution in [3.63, 3.8) is 0 Å². The molecule has 7 rings (SSSR count). The van der Waals surface area contributed by atoms with Gasteiger partial charge in [0, 0.05) is 74.9 Å². The summed E-state index contributed by atoms with van der Waals surface area (Å²) in [5.41, 5.74) is 0.866. The fourth-order valence-electron chi connectivity index (χ4n) is 21.6. The lowest BCUT2D eigenvalue weighted by molar-refractivity contribution is -1.16. The van der Waals surface area contributed by atoms with Crippen molar-refractivity contribution in [1.29, 1.82) is 0 Å². The van der Waals surface area contributed by atoms with Crippen molar-refractivity contribution in [1.82, 2.24) is 9.80 Å². The Morgan fingerprint density at radius 3 is 0.720 bits per heavy atom. The number of nitrogens with one attached hydrogen (secondary N) is 3. The van der Waals surface area contributed by atoms with E-state index in [0.717, 1.165) is 94.8 Å². The molecular formula is C84H184N5O11+3. The van der Waals surface area contributed by atoms with Crippen LogP contribution in [-0.4, -0.2) is 192 Å². The molecule has 5 aliphatic heterocycles. The summed E-state index contributed by atoms with van der Waals surface area (Å²) >= 11 is 0. The third kappa shape index (κ3) is 34.7. The molecule has 0 aromatic carbocycles. The van der Waals surface area contributed by atoms with Crippen LogP contribution in [0.25, 0.3) is 0 Å². The Morgan fingerprint density at radius 1 is 0.320 bits per heavy atom. The third-order valence-electron chi connectivity index (χ3n) is 22.7. The van der Waals surface area contributed by atoms with Crippen LogP contribution in [-0.2, 0) is 18.9 Å². The minimum atomic E-state index is -0.583. The Labute approximate surface area is 623 Å². The second-order valence-electron chi connectivity index (χ2n) is 42.9. The molecule has 0 amide bonds. The van der Waals surface area contributed by atoms with E-state index in [9.17, 15) is 36.0 Å². The Bertz CT molecular complexity index is 1920. The molecule has 2 unspecified atom stereocenters. The van der Waals surface area contributed by atoms with Gasteiger partial charge in [0.2, 0.25) is 0 Å². The van der Waals surface area contributed by atoms with Gasteiger partial charge in [-0.15, -0.1) is 0 Å². The summed E-state index contributed by atoms with van der Waals surface area (Å²) in [6.07, 6.45) is 16.0. The van der Waals surface area contributed by atoms with E-state index in [4.69, 9.17) is 18.9 Å². The molecule has 10 N–H and O–H groups in total. The summed E-state index contributed by atoms with van der Waals surface area (Å²) in [4.78, 5) is 4.95. The molecule has 0 aromatic rings. The van der Waals surface area contributed by atoms with Gasteiger partial charge in [-0.1, -0.05) is 106 Å². The molecule has 7 fully saturated rings. The largest absolute Gasteiger partial charge is 0.390 e. The van der Waals surface area contributed by atoms with E-state index in [1.807, 2.05) is 41.5 Å². The average Bonchev–Trinajstić information content (AvgIpc) is 0.850. The normalized spacial score (nSPS) is 31.2. The van der Waals surface area contributed by atoms with E-state index in [-0.39, 0.29) is 99.4 Å². The minimum Gasteiger partial charge on any atom is -0.390 e. The van der Waals surface area contributed by atoms with Crippen LogP contribution in [0.5, 0.6) is 0 Å². The maximum absolute atomic E-state index is 10.2. The van der Waals surface area contributed by atoms with Crippen LogP contribution in [0, 0.1) is 39.4 Å². The maximum Gasteiger partial charge on any atom is 0.124 e. The maximum atomic E-state index is 10.2. The lowest BCUT2D eigenvalue weighted by atomic mass is 9.60. The van der Waals surface area contributed by atoms with Crippen molar-refractivity contribution in [2.75, 3.05) is 54.7 Å². The fourth-order valence-corrected chi connectivity index (χ4v) is 21.6. The Kier molecular flexibility index (Phi) is 40.8. The number of likely N-dealkylation sites (tertiary alicyclic amines) is 2. The number of hydrogen-bond acceptors (Lipinski definition) is 13. The van der Waals surface area contributed by atoms with E-state index >= 15 is 0 Å². The van der Waals surface area contributed by atoms with Crippen molar-refractivity contribution >= 4 is 0 Å². The van der Waals surface area contributed by atoms with Gasteiger partial charge < -0.3 is 39.4 Å². The molecule has 16 heteroatoms. The van der Waals surface area contributed by atoms with Crippen molar-refractivity contribution in [3.05, 3.63) is 0 Å². The molecule has 0 spiro atoms. The van der Waals surface area contributed by atoms with E-state index in [1.165, 1.54) is 25.7 Å². The number of hydrogen-bond donors (Lipinski definition) is 10. The molecule has 2 atom stereocenters. The number of aliphatic hydroxyl groups excluding tert-OH is 2.